The van der Waals surface area contributed by atoms with Crippen molar-refractivity contribution in [2.45, 2.75) is 0 Å². The number of rotatable bonds is 4. The second-order valence-electron chi connectivity index (χ2n) is 6.54. The summed E-state index contributed by atoms with van der Waals surface area (Å²) >= 11 is 0. The van der Waals surface area contributed by atoms with Crippen molar-refractivity contribution in [3.8, 4) is 5.69 Å². The van der Waals surface area contributed by atoms with Crippen molar-refractivity contribution in [2.24, 2.45) is 0 Å². The highest BCUT2D eigenvalue weighted by Crippen LogP contribution is 2.21. The SMILES string of the molecule is O=C(c1cncn1-c1ccccc1)N1CCN(c2ccc([N+](=O)[O-])cc2)CC1. The molecule has 1 aliphatic rings. The fraction of sp³-hybridized carbons (Fsp3) is 0.200. The molecule has 1 saturated heterocycles. The molecule has 3 aromatic rings. The van der Waals surface area contributed by atoms with E-state index in [1.807, 2.05) is 35.2 Å². The van der Waals surface area contributed by atoms with Crippen molar-refractivity contribution in [2.75, 3.05) is 31.1 Å². The Labute approximate surface area is 161 Å². The second kappa shape index (κ2) is 7.51. The molecule has 1 amide bonds. The number of non-ortho nitro benzene ring substituents is 1. The van der Waals surface area contributed by atoms with Gasteiger partial charge in [-0.3, -0.25) is 19.5 Å². The summed E-state index contributed by atoms with van der Waals surface area (Å²) < 4.78 is 1.80. The van der Waals surface area contributed by atoms with Crippen molar-refractivity contribution in [1.82, 2.24) is 14.5 Å². The maximum absolute atomic E-state index is 13.0. The topological polar surface area (TPSA) is 84.5 Å². The highest BCUT2D eigenvalue weighted by molar-refractivity contribution is 5.93. The second-order valence-corrected chi connectivity index (χ2v) is 6.54. The van der Waals surface area contributed by atoms with Crippen LogP contribution in [-0.4, -0.2) is 51.5 Å². The van der Waals surface area contributed by atoms with Crippen LogP contribution in [0.3, 0.4) is 0 Å². The molecular weight excluding hydrogens is 358 g/mol. The highest BCUT2D eigenvalue weighted by Gasteiger charge is 2.25. The van der Waals surface area contributed by atoms with E-state index in [2.05, 4.69) is 9.88 Å². The van der Waals surface area contributed by atoms with Crippen molar-refractivity contribution < 1.29 is 9.72 Å². The first kappa shape index (κ1) is 17.7. The van der Waals surface area contributed by atoms with Gasteiger partial charge in [0.2, 0.25) is 0 Å². The minimum Gasteiger partial charge on any atom is -0.368 e. The third-order valence-electron chi connectivity index (χ3n) is 4.88. The van der Waals surface area contributed by atoms with Gasteiger partial charge in [0, 0.05) is 49.7 Å². The van der Waals surface area contributed by atoms with Crippen molar-refractivity contribution in [1.29, 1.82) is 0 Å². The van der Waals surface area contributed by atoms with Crippen LogP contribution in [0.5, 0.6) is 0 Å². The van der Waals surface area contributed by atoms with Crippen molar-refractivity contribution in [3.05, 3.63) is 82.9 Å². The van der Waals surface area contributed by atoms with Gasteiger partial charge in [-0.1, -0.05) is 18.2 Å². The summed E-state index contributed by atoms with van der Waals surface area (Å²) in [7, 11) is 0. The van der Waals surface area contributed by atoms with Gasteiger partial charge < -0.3 is 9.80 Å². The Balaban J connectivity index is 1.44. The summed E-state index contributed by atoms with van der Waals surface area (Å²) in [5.41, 5.74) is 2.43. The Hall–Kier alpha value is -3.68. The van der Waals surface area contributed by atoms with E-state index in [-0.39, 0.29) is 11.6 Å². The lowest BCUT2D eigenvalue weighted by molar-refractivity contribution is -0.384. The maximum Gasteiger partial charge on any atom is 0.272 e. The van der Waals surface area contributed by atoms with E-state index in [9.17, 15) is 14.9 Å². The molecule has 8 nitrogen and oxygen atoms in total. The molecule has 4 rings (SSSR count). The fourth-order valence-electron chi connectivity index (χ4n) is 3.36. The monoisotopic (exact) mass is 377 g/mol. The predicted molar refractivity (Wildman–Crippen MR) is 105 cm³/mol. The molecule has 1 aliphatic heterocycles. The van der Waals surface area contributed by atoms with Crippen LogP contribution >= 0.6 is 0 Å². The fourth-order valence-corrected chi connectivity index (χ4v) is 3.36. The van der Waals surface area contributed by atoms with Gasteiger partial charge in [-0.05, 0) is 24.3 Å². The quantitative estimate of drug-likeness (QED) is 0.516. The van der Waals surface area contributed by atoms with Gasteiger partial charge in [0.1, 0.15) is 5.69 Å². The van der Waals surface area contributed by atoms with Crippen LogP contribution in [0.2, 0.25) is 0 Å². The van der Waals surface area contributed by atoms with Gasteiger partial charge in [-0.25, -0.2) is 4.98 Å². The summed E-state index contributed by atoms with van der Waals surface area (Å²) in [6.45, 7) is 2.50. The van der Waals surface area contributed by atoms with Crippen LogP contribution in [0.1, 0.15) is 10.5 Å². The lowest BCUT2D eigenvalue weighted by Crippen LogP contribution is -2.49. The van der Waals surface area contributed by atoms with Crippen LogP contribution in [0, 0.1) is 10.1 Å². The Bertz CT molecular complexity index is 977. The first-order valence-corrected chi connectivity index (χ1v) is 9.00. The Kier molecular flexibility index (Phi) is 4.76. The predicted octanol–water partition coefficient (Wildman–Crippen LogP) is 2.74. The number of benzene rings is 2. The highest BCUT2D eigenvalue weighted by atomic mass is 16.6. The van der Waals surface area contributed by atoms with Crippen LogP contribution in [0.15, 0.2) is 67.1 Å². The summed E-state index contributed by atoms with van der Waals surface area (Å²) in [5.74, 6) is -0.0512. The Morgan fingerprint density at radius 3 is 2.25 bits per heavy atom. The zero-order valence-corrected chi connectivity index (χ0v) is 15.1. The van der Waals surface area contributed by atoms with E-state index in [4.69, 9.17) is 0 Å². The van der Waals surface area contributed by atoms with Crippen LogP contribution < -0.4 is 4.90 Å². The largest absolute Gasteiger partial charge is 0.368 e. The molecule has 0 saturated carbocycles. The number of nitro benzene ring substituents is 1. The van der Waals surface area contributed by atoms with Gasteiger partial charge in [0.25, 0.3) is 11.6 Å². The number of hydrogen-bond donors (Lipinski definition) is 0. The average molecular weight is 377 g/mol. The number of hydrogen-bond acceptors (Lipinski definition) is 5. The van der Waals surface area contributed by atoms with Gasteiger partial charge in [0.15, 0.2) is 0 Å². The van der Waals surface area contributed by atoms with Gasteiger partial charge >= 0.3 is 0 Å². The normalized spacial score (nSPS) is 14.1. The molecule has 1 fully saturated rings. The standard InChI is InChI=1S/C20H19N5O3/c26-20(19-14-21-15-24(19)17-4-2-1-3-5-17)23-12-10-22(11-13-23)16-6-8-18(9-7-16)25(27)28/h1-9,14-15H,10-13H2. The summed E-state index contributed by atoms with van der Waals surface area (Å²) in [4.78, 5) is 31.5. The number of nitrogens with zero attached hydrogens (tertiary/aromatic N) is 5. The molecule has 0 radical (unpaired) electrons. The van der Waals surface area contributed by atoms with Crippen molar-refractivity contribution >= 4 is 17.3 Å². The number of nitro groups is 1. The van der Waals surface area contributed by atoms with Gasteiger partial charge in [0.05, 0.1) is 17.4 Å². The molecule has 8 heteroatoms. The Morgan fingerprint density at radius 2 is 1.61 bits per heavy atom. The molecule has 28 heavy (non-hydrogen) atoms. The molecule has 0 unspecified atom stereocenters. The number of piperazine rings is 1. The first-order chi connectivity index (χ1) is 13.6. The lowest BCUT2D eigenvalue weighted by Gasteiger charge is -2.36. The number of imidazole rings is 1. The molecule has 2 heterocycles. The van der Waals surface area contributed by atoms with E-state index < -0.39 is 4.92 Å². The average Bonchev–Trinajstić information content (AvgIpc) is 3.24. The molecule has 1 aromatic heterocycles. The molecule has 0 bridgehead atoms. The number of carbonyl (C=O) groups is 1. The minimum atomic E-state index is -0.406. The number of aromatic nitrogens is 2. The van der Waals surface area contributed by atoms with Gasteiger partial charge in [-0.15, -0.1) is 0 Å². The molecule has 142 valence electrons. The molecule has 0 spiro atoms. The number of para-hydroxylation sites is 1. The van der Waals surface area contributed by atoms with E-state index in [1.54, 1.807) is 29.2 Å². The summed E-state index contributed by atoms with van der Waals surface area (Å²) in [6.07, 6.45) is 3.24. The van der Waals surface area contributed by atoms with E-state index in [1.165, 1.54) is 12.1 Å². The van der Waals surface area contributed by atoms with E-state index in [0.717, 1.165) is 11.4 Å². The summed E-state index contributed by atoms with van der Waals surface area (Å²) in [5, 5.41) is 10.8. The van der Waals surface area contributed by atoms with E-state index in [0.29, 0.717) is 31.9 Å². The van der Waals surface area contributed by atoms with Crippen LogP contribution in [-0.2, 0) is 0 Å². The zero-order valence-electron chi connectivity index (χ0n) is 15.1. The lowest BCUT2D eigenvalue weighted by atomic mass is 10.2. The maximum atomic E-state index is 13.0. The van der Waals surface area contributed by atoms with E-state index >= 15 is 0 Å². The molecule has 2 aromatic carbocycles. The molecular formula is C20H19N5O3. The van der Waals surface area contributed by atoms with Crippen LogP contribution in [0.25, 0.3) is 5.69 Å². The first-order valence-electron chi connectivity index (χ1n) is 9.00. The smallest absolute Gasteiger partial charge is 0.272 e. The Morgan fingerprint density at radius 1 is 0.929 bits per heavy atom. The number of anilines is 1. The van der Waals surface area contributed by atoms with Crippen molar-refractivity contribution in [3.63, 3.8) is 0 Å². The zero-order chi connectivity index (χ0) is 19.5. The molecule has 0 aliphatic carbocycles. The van der Waals surface area contributed by atoms with Crippen LogP contribution in [0.4, 0.5) is 11.4 Å². The molecule has 0 N–H and O–H groups in total. The molecule has 0 atom stereocenters. The summed E-state index contributed by atoms with van der Waals surface area (Å²) in [6, 6.07) is 16.2. The third kappa shape index (κ3) is 3.44. The number of carbonyl (C=O) groups excluding carboxylic acids is 1. The number of amides is 1. The minimum absolute atomic E-state index is 0.0512. The van der Waals surface area contributed by atoms with Gasteiger partial charge in [-0.2, -0.15) is 0 Å². The third-order valence-corrected chi connectivity index (χ3v) is 4.88.